The minimum atomic E-state index is -0.275. The van der Waals surface area contributed by atoms with E-state index < -0.39 is 0 Å². The number of esters is 1. The molecule has 1 aliphatic carbocycles. The van der Waals surface area contributed by atoms with E-state index in [0.717, 1.165) is 12.1 Å². The van der Waals surface area contributed by atoms with Gasteiger partial charge in [-0.2, -0.15) is 0 Å². The molecule has 3 nitrogen and oxygen atoms in total. The summed E-state index contributed by atoms with van der Waals surface area (Å²) in [6.45, 7) is 0.829. The minimum absolute atomic E-state index is 0.275. The van der Waals surface area contributed by atoms with Crippen molar-refractivity contribution in [3.05, 3.63) is 35.4 Å². The predicted octanol–water partition coefficient (Wildman–Crippen LogP) is 1.73. The Morgan fingerprint density at radius 3 is 3.00 bits per heavy atom. The van der Waals surface area contributed by atoms with Crippen LogP contribution in [0.1, 0.15) is 28.8 Å². The quantitative estimate of drug-likeness (QED) is 0.761. The van der Waals surface area contributed by atoms with Crippen molar-refractivity contribution in [2.45, 2.75) is 25.4 Å². The molecule has 2 rings (SSSR count). The molecule has 1 fully saturated rings. The molecular formula is C12H15NO2. The fourth-order valence-corrected chi connectivity index (χ4v) is 1.48. The van der Waals surface area contributed by atoms with Crippen LogP contribution in [-0.2, 0) is 11.3 Å². The van der Waals surface area contributed by atoms with Crippen LogP contribution in [-0.4, -0.2) is 19.1 Å². The average molecular weight is 205 g/mol. The van der Waals surface area contributed by atoms with Crippen molar-refractivity contribution in [2.75, 3.05) is 7.11 Å². The van der Waals surface area contributed by atoms with Gasteiger partial charge >= 0.3 is 5.97 Å². The Morgan fingerprint density at radius 2 is 2.33 bits per heavy atom. The van der Waals surface area contributed by atoms with Gasteiger partial charge in [-0.1, -0.05) is 12.1 Å². The van der Waals surface area contributed by atoms with Gasteiger partial charge in [0.2, 0.25) is 0 Å². The van der Waals surface area contributed by atoms with Gasteiger partial charge in [-0.05, 0) is 30.5 Å². The lowest BCUT2D eigenvalue weighted by atomic mass is 10.1. The molecule has 80 valence electrons. The van der Waals surface area contributed by atoms with Crippen molar-refractivity contribution in [2.24, 2.45) is 0 Å². The van der Waals surface area contributed by atoms with Gasteiger partial charge in [0.1, 0.15) is 0 Å². The molecule has 1 saturated carbocycles. The van der Waals surface area contributed by atoms with Gasteiger partial charge in [-0.25, -0.2) is 4.79 Å². The molecule has 0 unspecified atom stereocenters. The van der Waals surface area contributed by atoms with Crippen LogP contribution in [0.25, 0.3) is 0 Å². The molecule has 0 spiro atoms. The Hall–Kier alpha value is -1.35. The second-order valence-electron chi connectivity index (χ2n) is 3.85. The van der Waals surface area contributed by atoms with E-state index in [1.807, 2.05) is 18.2 Å². The number of carbonyl (C=O) groups excluding carboxylic acids is 1. The highest BCUT2D eigenvalue weighted by atomic mass is 16.5. The number of methoxy groups -OCH3 is 1. The predicted molar refractivity (Wildman–Crippen MR) is 57.6 cm³/mol. The van der Waals surface area contributed by atoms with E-state index in [2.05, 4.69) is 10.1 Å². The molecule has 0 heterocycles. The molecule has 0 aliphatic heterocycles. The van der Waals surface area contributed by atoms with Gasteiger partial charge in [0, 0.05) is 12.6 Å². The second kappa shape index (κ2) is 4.45. The summed E-state index contributed by atoms with van der Waals surface area (Å²) < 4.78 is 4.67. The van der Waals surface area contributed by atoms with Crippen molar-refractivity contribution >= 4 is 5.97 Å². The number of ether oxygens (including phenoxy) is 1. The summed E-state index contributed by atoms with van der Waals surface area (Å²) in [6, 6.07) is 8.23. The van der Waals surface area contributed by atoms with Crippen molar-refractivity contribution < 1.29 is 9.53 Å². The third-order valence-corrected chi connectivity index (χ3v) is 2.52. The first-order valence-corrected chi connectivity index (χ1v) is 5.20. The van der Waals surface area contributed by atoms with Crippen LogP contribution in [0.3, 0.4) is 0 Å². The molecular weight excluding hydrogens is 190 g/mol. The molecule has 0 aromatic heterocycles. The van der Waals surface area contributed by atoms with E-state index in [-0.39, 0.29) is 5.97 Å². The topological polar surface area (TPSA) is 38.3 Å². The number of benzene rings is 1. The molecule has 0 radical (unpaired) electrons. The molecule has 1 aromatic rings. The zero-order chi connectivity index (χ0) is 10.7. The summed E-state index contributed by atoms with van der Waals surface area (Å²) in [4.78, 5) is 11.3. The summed E-state index contributed by atoms with van der Waals surface area (Å²) in [5, 5.41) is 3.40. The summed E-state index contributed by atoms with van der Waals surface area (Å²) in [7, 11) is 1.40. The van der Waals surface area contributed by atoms with Gasteiger partial charge in [-0.3, -0.25) is 0 Å². The van der Waals surface area contributed by atoms with Crippen LogP contribution in [0.5, 0.6) is 0 Å². The molecule has 1 aliphatic rings. The third kappa shape index (κ3) is 2.80. The van der Waals surface area contributed by atoms with E-state index in [1.165, 1.54) is 20.0 Å². The average Bonchev–Trinajstić information content (AvgIpc) is 3.09. The van der Waals surface area contributed by atoms with Crippen molar-refractivity contribution in [3.8, 4) is 0 Å². The Bertz CT molecular complexity index is 358. The number of hydrogen-bond acceptors (Lipinski definition) is 3. The van der Waals surface area contributed by atoms with Crippen LogP contribution < -0.4 is 5.32 Å². The lowest BCUT2D eigenvalue weighted by molar-refractivity contribution is 0.0600. The van der Waals surface area contributed by atoms with Gasteiger partial charge in [0.25, 0.3) is 0 Å². The summed E-state index contributed by atoms with van der Waals surface area (Å²) in [5.41, 5.74) is 1.75. The van der Waals surface area contributed by atoms with Gasteiger partial charge in [-0.15, -0.1) is 0 Å². The zero-order valence-electron chi connectivity index (χ0n) is 8.82. The number of carbonyl (C=O) groups is 1. The van der Waals surface area contributed by atoms with Crippen LogP contribution >= 0.6 is 0 Å². The highest BCUT2D eigenvalue weighted by Gasteiger charge is 2.19. The van der Waals surface area contributed by atoms with E-state index in [0.29, 0.717) is 11.6 Å². The van der Waals surface area contributed by atoms with Crippen LogP contribution in [0.2, 0.25) is 0 Å². The summed E-state index contributed by atoms with van der Waals surface area (Å²) in [6.07, 6.45) is 2.55. The smallest absolute Gasteiger partial charge is 0.337 e. The third-order valence-electron chi connectivity index (χ3n) is 2.52. The highest BCUT2D eigenvalue weighted by Crippen LogP contribution is 2.19. The summed E-state index contributed by atoms with van der Waals surface area (Å²) >= 11 is 0. The lowest BCUT2D eigenvalue weighted by Crippen LogP contribution is -2.15. The monoisotopic (exact) mass is 205 g/mol. The molecule has 0 bridgehead atoms. The maximum atomic E-state index is 11.3. The Labute approximate surface area is 89.4 Å². The van der Waals surface area contributed by atoms with E-state index in [9.17, 15) is 4.79 Å². The SMILES string of the molecule is COC(=O)c1cccc(CNC2CC2)c1. The second-order valence-corrected chi connectivity index (χ2v) is 3.85. The summed E-state index contributed by atoms with van der Waals surface area (Å²) in [5.74, 6) is -0.275. The van der Waals surface area contributed by atoms with E-state index >= 15 is 0 Å². The van der Waals surface area contributed by atoms with Crippen LogP contribution in [0, 0.1) is 0 Å². The number of hydrogen-bond donors (Lipinski definition) is 1. The van der Waals surface area contributed by atoms with Crippen molar-refractivity contribution in [3.63, 3.8) is 0 Å². The molecule has 3 heteroatoms. The fourth-order valence-electron chi connectivity index (χ4n) is 1.48. The molecule has 1 N–H and O–H groups in total. The molecule has 15 heavy (non-hydrogen) atoms. The first-order chi connectivity index (χ1) is 7.29. The Morgan fingerprint density at radius 1 is 1.53 bits per heavy atom. The lowest BCUT2D eigenvalue weighted by Gasteiger charge is -2.04. The fraction of sp³-hybridized carbons (Fsp3) is 0.417. The van der Waals surface area contributed by atoms with Crippen molar-refractivity contribution in [1.82, 2.24) is 5.32 Å². The maximum absolute atomic E-state index is 11.3. The van der Waals surface area contributed by atoms with E-state index in [4.69, 9.17) is 0 Å². The zero-order valence-corrected chi connectivity index (χ0v) is 8.82. The normalized spacial score (nSPS) is 15.0. The highest BCUT2D eigenvalue weighted by molar-refractivity contribution is 5.89. The minimum Gasteiger partial charge on any atom is -0.465 e. The number of nitrogens with one attached hydrogen (secondary N) is 1. The van der Waals surface area contributed by atoms with Crippen molar-refractivity contribution in [1.29, 1.82) is 0 Å². The first kappa shape index (κ1) is 10.2. The molecule has 0 atom stereocenters. The van der Waals surface area contributed by atoms with Crippen LogP contribution in [0.15, 0.2) is 24.3 Å². The number of rotatable bonds is 4. The molecule has 1 aromatic carbocycles. The molecule has 0 amide bonds. The van der Waals surface area contributed by atoms with Gasteiger partial charge in [0.15, 0.2) is 0 Å². The maximum Gasteiger partial charge on any atom is 0.337 e. The van der Waals surface area contributed by atoms with Gasteiger partial charge < -0.3 is 10.1 Å². The Balaban J connectivity index is 2.00. The standard InChI is InChI=1S/C12H15NO2/c1-15-12(14)10-4-2-3-9(7-10)8-13-11-5-6-11/h2-4,7,11,13H,5-6,8H2,1H3. The largest absolute Gasteiger partial charge is 0.465 e. The molecule has 0 saturated heterocycles. The first-order valence-electron chi connectivity index (χ1n) is 5.20. The van der Waals surface area contributed by atoms with Crippen LogP contribution in [0.4, 0.5) is 0 Å². The van der Waals surface area contributed by atoms with E-state index in [1.54, 1.807) is 6.07 Å². The Kier molecular flexibility index (Phi) is 3.02. The van der Waals surface area contributed by atoms with Gasteiger partial charge in [0.05, 0.1) is 12.7 Å².